The first-order chi connectivity index (χ1) is 17.6. The van der Waals surface area contributed by atoms with Crippen LogP contribution >= 0.6 is 23.4 Å². The highest BCUT2D eigenvalue weighted by molar-refractivity contribution is 8.00. The van der Waals surface area contributed by atoms with Crippen molar-refractivity contribution in [3.63, 3.8) is 0 Å². The molecule has 0 radical (unpaired) electrons. The maximum absolute atomic E-state index is 12.8. The number of amides is 2. The Balaban J connectivity index is 1.18. The molecule has 36 heavy (non-hydrogen) atoms. The lowest BCUT2D eigenvalue weighted by Gasteiger charge is -2.28. The summed E-state index contributed by atoms with van der Waals surface area (Å²) in [6, 6.07) is 23.7. The van der Waals surface area contributed by atoms with E-state index in [2.05, 4.69) is 34.5 Å². The third-order valence-electron chi connectivity index (χ3n) is 6.80. The van der Waals surface area contributed by atoms with Gasteiger partial charge in [-0.1, -0.05) is 48.0 Å². The Hall–Kier alpha value is -2.96. The summed E-state index contributed by atoms with van der Waals surface area (Å²) in [5.41, 5.74) is 5.01. The van der Waals surface area contributed by atoms with Gasteiger partial charge in [-0.25, -0.2) is 0 Å². The first-order valence-electron chi connectivity index (χ1n) is 12.4. The first-order valence-corrected chi connectivity index (χ1v) is 13.9. The molecule has 3 aromatic rings. The van der Waals surface area contributed by atoms with Crippen molar-refractivity contribution in [1.82, 2.24) is 10.2 Å². The van der Waals surface area contributed by atoms with E-state index in [1.807, 2.05) is 53.4 Å². The Morgan fingerprint density at radius 2 is 1.56 bits per heavy atom. The molecule has 5 nitrogen and oxygen atoms in total. The van der Waals surface area contributed by atoms with Crippen molar-refractivity contribution in [2.45, 2.75) is 37.7 Å². The number of hydrogen-bond acceptors (Lipinski definition) is 4. The Bertz CT molecular complexity index is 1190. The average Bonchev–Trinajstić information content (AvgIpc) is 3.29. The van der Waals surface area contributed by atoms with Crippen LogP contribution in [0.15, 0.2) is 72.8 Å². The van der Waals surface area contributed by atoms with Crippen molar-refractivity contribution in [3.05, 3.63) is 100 Å². The van der Waals surface area contributed by atoms with Crippen LogP contribution < -0.4 is 10.2 Å². The quantitative estimate of drug-likeness (QED) is 0.414. The van der Waals surface area contributed by atoms with Gasteiger partial charge < -0.3 is 15.1 Å². The van der Waals surface area contributed by atoms with E-state index in [0.717, 1.165) is 29.8 Å². The lowest BCUT2D eigenvalue weighted by atomic mass is 10.1. The van der Waals surface area contributed by atoms with Crippen LogP contribution in [-0.2, 0) is 17.9 Å². The molecule has 0 bridgehead atoms. The fraction of sp³-hybridized carbons (Fsp3) is 0.310. The summed E-state index contributed by atoms with van der Waals surface area (Å²) in [6.07, 6.45) is 3.83. The van der Waals surface area contributed by atoms with Crippen LogP contribution in [0.2, 0.25) is 5.02 Å². The molecular weight excluding hydrogens is 490 g/mol. The van der Waals surface area contributed by atoms with Gasteiger partial charge in [0, 0.05) is 42.5 Å². The molecule has 2 aliphatic heterocycles. The molecular formula is C29H30ClN3O2S. The fourth-order valence-corrected chi connectivity index (χ4v) is 6.06. The topological polar surface area (TPSA) is 52.7 Å². The predicted octanol–water partition coefficient (Wildman–Crippen LogP) is 6.03. The van der Waals surface area contributed by atoms with E-state index in [9.17, 15) is 9.59 Å². The SMILES string of the molecule is O=C(NCc1ccc(N2CCCCC2)cc1)c1ccc(C2SCC(=O)N2Cc2ccc(Cl)cc2)cc1. The maximum Gasteiger partial charge on any atom is 0.251 e. The van der Waals surface area contributed by atoms with E-state index in [4.69, 9.17) is 11.6 Å². The van der Waals surface area contributed by atoms with Gasteiger partial charge >= 0.3 is 0 Å². The minimum atomic E-state index is -0.102. The highest BCUT2D eigenvalue weighted by Crippen LogP contribution is 2.39. The Labute approximate surface area is 221 Å². The molecule has 2 amide bonds. The van der Waals surface area contributed by atoms with E-state index in [0.29, 0.717) is 29.4 Å². The number of anilines is 1. The van der Waals surface area contributed by atoms with Gasteiger partial charge in [0.1, 0.15) is 5.37 Å². The van der Waals surface area contributed by atoms with Crippen molar-refractivity contribution >= 4 is 40.9 Å². The number of rotatable bonds is 7. The van der Waals surface area contributed by atoms with Crippen LogP contribution in [-0.4, -0.2) is 35.6 Å². The summed E-state index contributed by atoms with van der Waals surface area (Å²) in [5, 5.41) is 3.64. The van der Waals surface area contributed by atoms with E-state index < -0.39 is 0 Å². The molecule has 2 saturated heterocycles. The number of nitrogens with zero attached hydrogens (tertiary/aromatic N) is 2. The molecule has 1 unspecified atom stereocenters. The normalized spacial score (nSPS) is 17.9. The van der Waals surface area contributed by atoms with Crippen LogP contribution in [0.3, 0.4) is 0 Å². The zero-order chi connectivity index (χ0) is 24.9. The lowest BCUT2D eigenvalue weighted by Crippen LogP contribution is -2.29. The Kier molecular flexibility index (Phi) is 7.83. The highest BCUT2D eigenvalue weighted by Gasteiger charge is 2.32. The van der Waals surface area contributed by atoms with Crippen molar-refractivity contribution in [1.29, 1.82) is 0 Å². The smallest absolute Gasteiger partial charge is 0.251 e. The van der Waals surface area contributed by atoms with Gasteiger partial charge in [0.05, 0.1) is 5.75 Å². The summed E-state index contributed by atoms with van der Waals surface area (Å²) in [7, 11) is 0. The van der Waals surface area contributed by atoms with E-state index in [-0.39, 0.29) is 17.2 Å². The van der Waals surface area contributed by atoms with Gasteiger partial charge in [-0.05, 0) is 72.4 Å². The molecule has 0 aromatic heterocycles. The summed E-state index contributed by atoms with van der Waals surface area (Å²) in [4.78, 5) is 29.6. The largest absolute Gasteiger partial charge is 0.372 e. The summed E-state index contributed by atoms with van der Waals surface area (Å²) in [5.74, 6) is 0.472. The molecule has 186 valence electrons. The number of nitrogens with one attached hydrogen (secondary N) is 1. The van der Waals surface area contributed by atoms with Gasteiger partial charge in [-0.15, -0.1) is 11.8 Å². The number of carbonyl (C=O) groups excluding carboxylic acids is 2. The van der Waals surface area contributed by atoms with Crippen LogP contribution in [0, 0.1) is 0 Å². The molecule has 3 aromatic carbocycles. The molecule has 0 spiro atoms. The number of piperidine rings is 1. The average molecular weight is 520 g/mol. The maximum atomic E-state index is 12.8. The molecule has 2 heterocycles. The van der Waals surface area contributed by atoms with Crippen LogP contribution in [0.5, 0.6) is 0 Å². The number of thioether (sulfide) groups is 1. The summed E-state index contributed by atoms with van der Waals surface area (Å²) in [6.45, 7) is 3.27. The lowest BCUT2D eigenvalue weighted by molar-refractivity contribution is -0.128. The van der Waals surface area contributed by atoms with Gasteiger partial charge in [0.15, 0.2) is 0 Å². The number of carbonyl (C=O) groups is 2. The second-order valence-electron chi connectivity index (χ2n) is 9.33. The number of benzene rings is 3. The van der Waals surface area contributed by atoms with E-state index in [1.54, 1.807) is 11.8 Å². The molecule has 7 heteroatoms. The molecule has 0 saturated carbocycles. The number of halogens is 1. The van der Waals surface area contributed by atoms with Gasteiger partial charge in [0.2, 0.25) is 5.91 Å². The summed E-state index contributed by atoms with van der Waals surface area (Å²) < 4.78 is 0. The predicted molar refractivity (Wildman–Crippen MR) is 147 cm³/mol. The first kappa shape index (κ1) is 24.7. The molecule has 2 aliphatic rings. The minimum absolute atomic E-state index is 0.0660. The van der Waals surface area contributed by atoms with Crippen molar-refractivity contribution in [2.24, 2.45) is 0 Å². The van der Waals surface area contributed by atoms with Crippen molar-refractivity contribution < 1.29 is 9.59 Å². The zero-order valence-corrected chi connectivity index (χ0v) is 21.7. The van der Waals surface area contributed by atoms with Crippen LogP contribution in [0.4, 0.5) is 5.69 Å². The molecule has 2 fully saturated rings. The molecule has 1 atom stereocenters. The molecule has 1 N–H and O–H groups in total. The number of hydrogen-bond donors (Lipinski definition) is 1. The highest BCUT2D eigenvalue weighted by atomic mass is 35.5. The van der Waals surface area contributed by atoms with Crippen molar-refractivity contribution in [3.8, 4) is 0 Å². The van der Waals surface area contributed by atoms with Gasteiger partial charge in [-0.2, -0.15) is 0 Å². The van der Waals surface area contributed by atoms with Crippen LogP contribution in [0.25, 0.3) is 0 Å². The Morgan fingerprint density at radius 3 is 2.25 bits per heavy atom. The molecule has 0 aliphatic carbocycles. The van der Waals surface area contributed by atoms with Crippen LogP contribution in [0.1, 0.15) is 51.7 Å². The zero-order valence-electron chi connectivity index (χ0n) is 20.2. The standard InChI is InChI=1S/C29H30ClN3O2S/c30-25-12-4-22(5-13-25)19-33-27(34)20-36-29(33)24-10-8-23(9-11-24)28(35)31-18-21-6-14-26(15-7-21)32-16-2-1-3-17-32/h4-15,29H,1-3,16-20H2,(H,31,35). The third kappa shape index (κ3) is 5.88. The van der Waals surface area contributed by atoms with Gasteiger partial charge in [-0.3, -0.25) is 9.59 Å². The Morgan fingerprint density at radius 1 is 0.889 bits per heavy atom. The minimum Gasteiger partial charge on any atom is -0.372 e. The second kappa shape index (κ2) is 11.4. The third-order valence-corrected chi connectivity index (χ3v) is 8.31. The van der Waals surface area contributed by atoms with Crippen molar-refractivity contribution in [2.75, 3.05) is 23.7 Å². The molecule has 5 rings (SSSR count). The van der Waals surface area contributed by atoms with Gasteiger partial charge in [0.25, 0.3) is 5.91 Å². The van der Waals surface area contributed by atoms with E-state index in [1.165, 1.54) is 24.9 Å². The second-order valence-corrected chi connectivity index (χ2v) is 10.8. The summed E-state index contributed by atoms with van der Waals surface area (Å²) >= 11 is 7.61. The monoisotopic (exact) mass is 519 g/mol. The fourth-order valence-electron chi connectivity index (χ4n) is 4.75. The van der Waals surface area contributed by atoms with E-state index >= 15 is 0 Å².